The lowest BCUT2D eigenvalue weighted by Gasteiger charge is -2.29. The smallest absolute Gasteiger partial charge is 0.320 e. The fourth-order valence-corrected chi connectivity index (χ4v) is 2.35. The predicted octanol–water partition coefficient (Wildman–Crippen LogP) is 2.26. The van der Waals surface area contributed by atoms with Crippen molar-refractivity contribution >= 4 is 34.8 Å². The first-order valence-corrected chi connectivity index (χ1v) is 6.28. The van der Waals surface area contributed by atoms with Crippen LogP contribution in [0.1, 0.15) is 6.42 Å². The Morgan fingerprint density at radius 2 is 1.95 bits per heavy atom. The highest BCUT2D eigenvalue weighted by Crippen LogP contribution is 2.44. The summed E-state index contributed by atoms with van der Waals surface area (Å²) in [4.78, 5) is 19.2. The number of carbonyl (C=O) groups is 1. The van der Waals surface area contributed by atoms with Crippen LogP contribution in [0.15, 0.2) is 6.33 Å². The summed E-state index contributed by atoms with van der Waals surface area (Å²) in [6, 6.07) is 0. The largest absolute Gasteiger partial charge is 0.404 e. The van der Waals surface area contributed by atoms with E-state index < -0.39 is 24.0 Å². The van der Waals surface area contributed by atoms with Crippen LogP contribution in [0.3, 0.4) is 0 Å². The molecule has 5 nitrogen and oxygen atoms in total. The summed E-state index contributed by atoms with van der Waals surface area (Å²) < 4.78 is 39.5. The van der Waals surface area contributed by atoms with Crippen LogP contribution >= 0.6 is 23.2 Å². The summed E-state index contributed by atoms with van der Waals surface area (Å²) in [6.07, 6.45) is -4.00. The number of nitrogens with zero attached hydrogens (tertiary/aromatic N) is 2. The van der Waals surface area contributed by atoms with Gasteiger partial charge in [-0.2, -0.15) is 13.2 Å². The van der Waals surface area contributed by atoms with Gasteiger partial charge in [0, 0.05) is 6.54 Å². The molecule has 2 heterocycles. The van der Waals surface area contributed by atoms with Gasteiger partial charge in [0.2, 0.25) is 5.91 Å². The van der Waals surface area contributed by atoms with E-state index in [1.807, 2.05) is 0 Å². The van der Waals surface area contributed by atoms with Gasteiger partial charge in [-0.05, 0) is 13.0 Å². The van der Waals surface area contributed by atoms with E-state index in [0.717, 1.165) is 6.33 Å². The Kier molecular flexibility index (Phi) is 4.08. The highest BCUT2D eigenvalue weighted by Gasteiger charge is 2.61. The molecule has 10 heteroatoms. The van der Waals surface area contributed by atoms with Crippen LogP contribution in [-0.2, 0) is 4.79 Å². The molecule has 1 aliphatic heterocycles. The van der Waals surface area contributed by atoms with Crippen molar-refractivity contribution in [3.05, 3.63) is 16.6 Å². The maximum absolute atomic E-state index is 13.2. The SMILES string of the molecule is O=C(Nc1c(Cl)ncnc1Cl)C1(C(F)(F)F)CCNC1. The molecule has 20 heavy (non-hydrogen) atoms. The summed E-state index contributed by atoms with van der Waals surface area (Å²) >= 11 is 11.4. The molecular formula is C10H9Cl2F3N4O. The number of hydrogen-bond acceptors (Lipinski definition) is 4. The maximum atomic E-state index is 13.2. The number of halogens is 5. The van der Waals surface area contributed by atoms with Gasteiger partial charge in [0.15, 0.2) is 15.7 Å². The molecule has 0 bridgehead atoms. The van der Waals surface area contributed by atoms with Gasteiger partial charge in [0.25, 0.3) is 0 Å². The second kappa shape index (κ2) is 5.34. The number of aromatic nitrogens is 2. The monoisotopic (exact) mass is 328 g/mol. The molecule has 0 aliphatic carbocycles. The number of hydrogen-bond donors (Lipinski definition) is 2. The second-order valence-corrected chi connectivity index (χ2v) is 5.01. The molecule has 0 spiro atoms. The van der Waals surface area contributed by atoms with E-state index >= 15 is 0 Å². The second-order valence-electron chi connectivity index (χ2n) is 4.29. The number of anilines is 1. The van der Waals surface area contributed by atoms with Crippen molar-refractivity contribution < 1.29 is 18.0 Å². The third kappa shape index (κ3) is 2.55. The van der Waals surface area contributed by atoms with Gasteiger partial charge in [-0.15, -0.1) is 0 Å². The van der Waals surface area contributed by atoms with Crippen molar-refractivity contribution in [2.75, 3.05) is 18.4 Å². The normalized spacial score (nSPS) is 22.9. The molecule has 0 radical (unpaired) electrons. The summed E-state index contributed by atoms with van der Waals surface area (Å²) in [7, 11) is 0. The number of rotatable bonds is 2. The molecular weight excluding hydrogens is 320 g/mol. The van der Waals surface area contributed by atoms with E-state index in [0.29, 0.717) is 0 Å². The van der Waals surface area contributed by atoms with Gasteiger partial charge >= 0.3 is 6.18 Å². The van der Waals surface area contributed by atoms with E-state index in [2.05, 4.69) is 20.6 Å². The number of nitrogens with one attached hydrogen (secondary N) is 2. The lowest BCUT2D eigenvalue weighted by atomic mass is 9.85. The Balaban J connectivity index is 2.31. The molecule has 1 fully saturated rings. The van der Waals surface area contributed by atoms with Crippen LogP contribution in [0.4, 0.5) is 18.9 Å². The Bertz CT molecular complexity index is 511. The summed E-state index contributed by atoms with van der Waals surface area (Å²) in [6.45, 7) is -0.398. The molecule has 1 atom stereocenters. The first kappa shape index (κ1) is 15.3. The van der Waals surface area contributed by atoms with Gasteiger partial charge in [-0.1, -0.05) is 23.2 Å². The Hall–Kier alpha value is -1.12. The van der Waals surface area contributed by atoms with Crippen LogP contribution in [0, 0.1) is 5.41 Å². The average Bonchev–Trinajstić information content (AvgIpc) is 2.83. The molecule has 1 aliphatic rings. The van der Waals surface area contributed by atoms with Crippen molar-refractivity contribution in [1.82, 2.24) is 15.3 Å². The molecule has 1 amide bonds. The predicted molar refractivity (Wildman–Crippen MR) is 66.7 cm³/mol. The highest BCUT2D eigenvalue weighted by atomic mass is 35.5. The minimum absolute atomic E-state index is 0.0969. The Morgan fingerprint density at radius 3 is 2.40 bits per heavy atom. The van der Waals surface area contributed by atoms with E-state index in [9.17, 15) is 18.0 Å². The van der Waals surface area contributed by atoms with Crippen LogP contribution < -0.4 is 10.6 Å². The van der Waals surface area contributed by atoms with E-state index in [-0.39, 0.29) is 29.0 Å². The van der Waals surface area contributed by atoms with Crippen LogP contribution in [0.5, 0.6) is 0 Å². The number of carbonyl (C=O) groups excluding carboxylic acids is 1. The quantitative estimate of drug-likeness (QED) is 0.817. The molecule has 2 rings (SSSR count). The molecule has 1 saturated heterocycles. The van der Waals surface area contributed by atoms with E-state index in [1.54, 1.807) is 0 Å². The first-order chi connectivity index (χ1) is 9.28. The molecule has 1 aromatic rings. The molecule has 0 aromatic carbocycles. The fourth-order valence-electron chi connectivity index (χ4n) is 1.94. The highest BCUT2D eigenvalue weighted by molar-refractivity contribution is 6.38. The zero-order valence-corrected chi connectivity index (χ0v) is 11.4. The molecule has 1 unspecified atom stereocenters. The van der Waals surface area contributed by atoms with Crippen molar-refractivity contribution in [1.29, 1.82) is 0 Å². The van der Waals surface area contributed by atoms with Gasteiger partial charge in [0.1, 0.15) is 12.0 Å². The van der Waals surface area contributed by atoms with Crippen LogP contribution in [0.2, 0.25) is 10.3 Å². The molecule has 1 aromatic heterocycles. The van der Waals surface area contributed by atoms with E-state index in [1.165, 1.54) is 0 Å². The Labute approximate surface area is 121 Å². The minimum Gasteiger partial charge on any atom is -0.320 e. The Morgan fingerprint density at radius 1 is 1.35 bits per heavy atom. The van der Waals surface area contributed by atoms with Crippen molar-refractivity contribution in [2.45, 2.75) is 12.6 Å². The number of amides is 1. The summed E-state index contributed by atoms with van der Waals surface area (Å²) in [5, 5.41) is 4.18. The van der Waals surface area contributed by atoms with Gasteiger partial charge < -0.3 is 10.6 Å². The van der Waals surface area contributed by atoms with Crippen LogP contribution in [0.25, 0.3) is 0 Å². The zero-order valence-electron chi connectivity index (χ0n) is 9.89. The van der Waals surface area contributed by atoms with Gasteiger partial charge in [0.05, 0.1) is 0 Å². The van der Waals surface area contributed by atoms with E-state index in [4.69, 9.17) is 23.2 Å². The topological polar surface area (TPSA) is 66.9 Å². The zero-order chi connectivity index (χ0) is 15.0. The first-order valence-electron chi connectivity index (χ1n) is 5.53. The third-order valence-corrected chi connectivity index (χ3v) is 3.70. The number of alkyl halides is 3. The van der Waals surface area contributed by atoms with Crippen molar-refractivity contribution in [2.24, 2.45) is 5.41 Å². The standard InChI is InChI=1S/C10H9Cl2F3N4O/c11-6-5(7(12)18-4-17-6)19-8(20)9(10(13,14)15)1-2-16-3-9/h4,16H,1-3H2,(H,19,20). The summed E-state index contributed by atoms with van der Waals surface area (Å²) in [5.74, 6) is -1.23. The molecule has 110 valence electrons. The van der Waals surface area contributed by atoms with Crippen molar-refractivity contribution in [3.8, 4) is 0 Å². The summed E-state index contributed by atoms with van der Waals surface area (Å²) in [5.41, 5.74) is -2.73. The third-order valence-electron chi connectivity index (χ3n) is 3.13. The minimum atomic E-state index is -4.69. The van der Waals surface area contributed by atoms with Crippen molar-refractivity contribution in [3.63, 3.8) is 0 Å². The van der Waals surface area contributed by atoms with Gasteiger partial charge in [-0.25, -0.2) is 9.97 Å². The lowest BCUT2D eigenvalue weighted by Crippen LogP contribution is -2.49. The fraction of sp³-hybridized carbons (Fsp3) is 0.500. The van der Waals surface area contributed by atoms with Gasteiger partial charge in [-0.3, -0.25) is 4.79 Å². The molecule has 0 saturated carbocycles. The average molecular weight is 329 g/mol. The molecule has 2 N–H and O–H groups in total. The lowest BCUT2D eigenvalue weighted by molar-refractivity contribution is -0.213. The maximum Gasteiger partial charge on any atom is 0.404 e. The van der Waals surface area contributed by atoms with Crippen LogP contribution in [-0.4, -0.2) is 35.1 Å².